The van der Waals surface area contributed by atoms with E-state index in [-0.39, 0.29) is 27.5 Å². The number of sulfonamides is 1. The third-order valence-electron chi connectivity index (χ3n) is 4.19. The van der Waals surface area contributed by atoms with Crippen LogP contribution in [0.2, 0.25) is 0 Å². The predicted molar refractivity (Wildman–Crippen MR) is 99.6 cm³/mol. The number of likely N-dealkylation sites (N-methyl/N-ethyl adjacent to an activating group) is 1. The largest absolute Gasteiger partial charge is 0.478 e. The van der Waals surface area contributed by atoms with Crippen molar-refractivity contribution in [3.05, 3.63) is 41.0 Å². The molecular weight excluding hydrogens is 372 g/mol. The average molecular weight is 394 g/mol. The molecule has 1 aromatic carbocycles. The Hall–Kier alpha value is -2.68. The topological polar surface area (TPSA) is 112 Å². The normalized spacial score (nSPS) is 15.6. The minimum absolute atomic E-state index is 0.00361. The second kappa shape index (κ2) is 7.91. The fraction of sp³-hybridized carbons (Fsp3) is 0.389. The summed E-state index contributed by atoms with van der Waals surface area (Å²) in [5.74, 6) is -2.39. The number of carbonyl (C=O) groups excluding carboxylic acids is 2. The molecule has 9 heteroatoms. The van der Waals surface area contributed by atoms with E-state index in [1.54, 1.807) is 4.90 Å². The third kappa shape index (κ3) is 4.02. The lowest BCUT2D eigenvalue weighted by Gasteiger charge is -2.22. The molecule has 0 saturated heterocycles. The zero-order chi connectivity index (χ0) is 20.4. The van der Waals surface area contributed by atoms with E-state index in [9.17, 15) is 27.9 Å². The number of rotatable bonds is 7. The molecular formula is C18H22N2O6S. The molecule has 0 saturated carbocycles. The molecule has 1 aromatic rings. The van der Waals surface area contributed by atoms with Gasteiger partial charge in [-0.05, 0) is 36.6 Å². The number of carboxylic acid groups (broad SMARTS) is 1. The van der Waals surface area contributed by atoms with Gasteiger partial charge < -0.3 is 10.0 Å². The monoisotopic (exact) mass is 394 g/mol. The van der Waals surface area contributed by atoms with Gasteiger partial charge in [0.2, 0.25) is 0 Å². The summed E-state index contributed by atoms with van der Waals surface area (Å²) in [7, 11) is -2.94. The molecule has 1 heterocycles. The van der Waals surface area contributed by atoms with Crippen molar-refractivity contribution in [3.63, 3.8) is 0 Å². The number of benzene rings is 1. The summed E-state index contributed by atoms with van der Waals surface area (Å²) in [6, 6.07) is 3.70. The van der Waals surface area contributed by atoms with Crippen LogP contribution in [0.1, 0.15) is 53.0 Å². The molecule has 2 rings (SSSR count). The molecule has 0 aromatic heterocycles. The predicted octanol–water partition coefficient (Wildman–Crippen LogP) is 1.79. The van der Waals surface area contributed by atoms with Crippen LogP contribution in [0.4, 0.5) is 0 Å². The first-order valence-corrected chi connectivity index (χ1v) is 10.00. The highest BCUT2D eigenvalue weighted by atomic mass is 32.2. The van der Waals surface area contributed by atoms with Gasteiger partial charge in [-0.1, -0.05) is 13.8 Å². The van der Waals surface area contributed by atoms with Crippen molar-refractivity contribution in [1.29, 1.82) is 0 Å². The quantitative estimate of drug-likeness (QED) is 0.754. The molecule has 0 atom stereocenters. The fourth-order valence-electron chi connectivity index (χ4n) is 2.83. The molecule has 27 heavy (non-hydrogen) atoms. The Morgan fingerprint density at radius 3 is 2.07 bits per heavy atom. The zero-order valence-corrected chi connectivity index (χ0v) is 16.2. The van der Waals surface area contributed by atoms with Crippen molar-refractivity contribution in [2.24, 2.45) is 0 Å². The molecule has 0 bridgehead atoms. The van der Waals surface area contributed by atoms with Crippen LogP contribution in [-0.4, -0.2) is 60.7 Å². The number of carboxylic acids is 1. The number of hydrogen-bond acceptors (Lipinski definition) is 5. The first-order chi connectivity index (χ1) is 12.6. The number of carbonyl (C=O) groups is 3. The van der Waals surface area contributed by atoms with Gasteiger partial charge in [0.1, 0.15) is 4.91 Å². The van der Waals surface area contributed by atoms with Crippen molar-refractivity contribution in [1.82, 2.24) is 9.21 Å². The SMILES string of the molecule is CCCN(CCC)C(=O)c1cc(C(=O)O)cc(C2=CC(=O)N(C)S2(=O)=O)c1. The van der Waals surface area contributed by atoms with Gasteiger partial charge in [0.05, 0.1) is 5.56 Å². The molecule has 1 N–H and O–H groups in total. The summed E-state index contributed by atoms with van der Waals surface area (Å²) in [6.45, 7) is 4.85. The molecule has 0 unspecified atom stereocenters. The zero-order valence-electron chi connectivity index (χ0n) is 15.4. The first kappa shape index (κ1) is 20.6. The van der Waals surface area contributed by atoms with Gasteiger partial charge in [-0.25, -0.2) is 17.5 Å². The molecule has 0 radical (unpaired) electrons. The summed E-state index contributed by atoms with van der Waals surface area (Å²) in [5, 5.41) is 9.37. The lowest BCUT2D eigenvalue weighted by atomic mass is 10.0. The van der Waals surface area contributed by atoms with Gasteiger partial charge in [-0.3, -0.25) is 9.59 Å². The third-order valence-corrected chi connectivity index (χ3v) is 6.00. The second-order valence-corrected chi connectivity index (χ2v) is 8.15. The van der Waals surface area contributed by atoms with Crippen LogP contribution in [-0.2, 0) is 14.8 Å². The van der Waals surface area contributed by atoms with Crippen LogP contribution in [0.15, 0.2) is 24.3 Å². The highest BCUT2D eigenvalue weighted by molar-refractivity contribution is 7.99. The lowest BCUT2D eigenvalue weighted by molar-refractivity contribution is -0.120. The van der Waals surface area contributed by atoms with Crippen molar-refractivity contribution in [2.75, 3.05) is 20.1 Å². The van der Waals surface area contributed by atoms with Crippen molar-refractivity contribution >= 4 is 32.7 Å². The Labute approximate surface area is 158 Å². The van der Waals surface area contributed by atoms with Gasteiger partial charge in [0.15, 0.2) is 0 Å². The summed E-state index contributed by atoms with van der Waals surface area (Å²) in [4.78, 5) is 37.4. The number of aromatic carboxylic acids is 1. The lowest BCUT2D eigenvalue weighted by Crippen LogP contribution is -2.32. The van der Waals surface area contributed by atoms with Crippen LogP contribution in [0.25, 0.3) is 4.91 Å². The fourth-order valence-corrected chi connectivity index (χ4v) is 4.08. The van der Waals surface area contributed by atoms with E-state index in [1.807, 2.05) is 13.8 Å². The molecule has 8 nitrogen and oxygen atoms in total. The smallest absolute Gasteiger partial charge is 0.335 e. The van der Waals surface area contributed by atoms with Crippen LogP contribution < -0.4 is 0 Å². The Morgan fingerprint density at radius 2 is 1.63 bits per heavy atom. The molecule has 0 aliphatic carbocycles. The van der Waals surface area contributed by atoms with Crippen LogP contribution in [0.5, 0.6) is 0 Å². The van der Waals surface area contributed by atoms with Crippen LogP contribution in [0, 0.1) is 0 Å². The van der Waals surface area contributed by atoms with Crippen molar-refractivity contribution in [3.8, 4) is 0 Å². The van der Waals surface area contributed by atoms with Crippen molar-refractivity contribution in [2.45, 2.75) is 26.7 Å². The molecule has 0 spiro atoms. The van der Waals surface area contributed by atoms with E-state index in [0.717, 1.165) is 32.0 Å². The molecule has 0 fully saturated rings. The van der Waals surface area contributed by atoms with Gasteiger partial charge in [0.25, 0.3) is 21.8 Å². The number of amides is 2. The molecule has 2 amide bonds. The highest BCUT2D eigenvalue weighted by Crippen LogP contribution is 2.31. The minimum atomic E-state index is -4.07. The van der Waals surface area contributed by atoms with E-state index in [4.69, 9.17) is 0 Å². The maximum Gasteiger partial charge on any atom is 0.335 e. The Balaban J connectivity index is 2.59. The van der Waals surface area contributed by atoms with Crippen molar-refractivity contribution < 1.29 is 27.9 Å². The summed E-state index contributed by atoms with van der Waals surface area (Å²) in [5.41, 5.74) is -0.143. The summed E-state index contributed by atoms with van der Waals surface area (Å²) in [6.07, 6.45) is 2.40. The number of hydrogen-bond donors (Lipinski definition) is 1. The van der Waals surface area contributed by atoms with Gasteiger partial charge in [-0.2, -0.15) is 0 Å². The maximum absolute atomic E-state index is 12.8. The van der Waals surface area contributed by atoms with Gasteiger partial charge in [-0.15, -0.1) is 0 Å². The Bertz CT molecular complexity index is 914. The van der Waals surface area contributed by atoms with E-state index in [2.05, 4.69) is 0 Å². The highest BCUT2D eigenvalue weighted by Gasteiger charge is 2.36. The van der Waals surface area contributed by atoms with E-state index >= 15 is 0 Å². The standard InChI is InChI=1S/C18H22N2O6S/c1-4-6-20(7-5-2)17(22)13-8-12(9-14(10-13)18(23)24)15-11-16(21)19(3)27(15,25)26/h8-11H,4-7H2,1-3H3,(H,23,24). The van der Waals surface area contributed by atoms with Gasteiger partial charge in [0, 0.05) is 31.8 Å². The first-order valence-electron chi connectivity index (χ1n) is 8.56. The van der Waals surface area contributed by atoms with E-state index < -0.39 is 21.9 Å². The molecule has 146 valence electrons. The summed E-state index contributed by atoms with van der Waals surface area (Å²) >= 11 is 0. The summed E-state index contributed by atoms with van der Waals surface area (Å²) < 4.78 is 25.4. The van der Waals surface area contributed by atoms with Crippen LogP contribution >= 0.6 is 0 Å². The minimum Gasteiger partial charge on any atom is -0.478 e. The van der Waals surface area contributed by atoms with E-state index in [1.165, 1.54) is 12.1 Å². The Kier molecular flexibility index (Phi) is 6.04. The van der Waals surface area contributed by atoms with E-state index in [0.29, 0.717) is 17.4 Å². The molecule has 1 aliphatic rings. The average Bonchev–Trinajstić information content (AvgIpc) is 2.83. The van der Waals surface area contributed by atoms with Crippen LogP contribution in [0.3, 0.4) is 0 Å². The number of nitrogens with zero attached hydrogens (tertiary/aromatic N) is 2. The molecule has 1 aliphatic heterocycles. The second-order valence-electron chi connectivity index (χ2n) is 6.22. The maximum atomic E-state index is 12.8. The van der Waals surface area contributed by atoms with Gasteiger partial charge >= 0.3 is 5.97 Å². The Morgan fingerprint density at radius 1 is 1.07 bits per heavy atom.